The molecule has 0 radical (unpaired) electrons. The molecule has 2 unspecified atom stereocenters. The van der Waals surface area contributed by atoms with Gasteiger partial charge in [-0.2, -0.15) is 0 Å². The molecule has 0 aliphatic heterocycles. The van der Waals surface area contributed by atoms with E-state index in [1.807, 2.05) is 20.8 Å². The van der Waals surface area contributed by atoms with E-state index in [0.29, 0.717) is 13.0 Å². The maximum absolute atomic E-state index is 11.4. The van der Waals surface area contributed by atoms with Crippen molar-refractivity contribution in [2.45, 2.75) is 46.3 Å². The van der Waals surface area contributed by atoms with Gasteiger partial charge in [0.05, 0.1) is 0 Å². The molecule has 1 aromatic rings. The lowest BCUT2D eigenvalue weighted by molar-refractivity contribution is -0.154. The molecule has 0 aromatic heterocycles. The molecule has 2 rings (SSSR count). The van der Waals surface area contributed by atoms with Crippen LogP contribution in [0.25, 0.3) is 0 Å². The predicted octanol–water partition coefficient (Wildman–Crippen LogP) is 2.74. The summed E-state index contributed by atoms with van der Waals surface area (Å²) in [7, 11) is 0. The Bertz CT molecular complexity index is 442. The van der Waals surface area contributed by atoms with Crippen molar-refractivity contribution in [1.82, 2.24) is 0 Å². The lowest BCUT2D eigenvalue weighted by atomic mass is 9.89. The quantitative estimate of drug-likeness (QED) is 0.822. The van der Waals surface area contributed by atoms with E-state index in [4.69, 9.17) is 9.47 Å². The number of ether oxygens (including phenoxy) is 2. The van der Waals surface area contributed by atoms with E-state index >= 15 is 0 Å². The van der Waals surface area contributed by atoms with Crippen molar-refractivity contribution < 1.29 is 14.3 Å². The van der Waals surface area contributed by atoms with Crippen LogP contribution in [0.4, 0.5) is 0 Å². The summed E-state index contributed by atoms with van der Waals surface area (Å²) in [5, 5.41) is 0. The van der Waals surface area contributed by atoms with Gasteiger partial charge in [-0.1, -0.05) is 17.7 Å². The van der Waals surface area contributed by atoms with Crippen molar-refractivity contribution in [3.05, 3.63) is 28.8 Å². The Morgan fingerprint density at radius 3 is 2.33 bits per heavy atom. The minimum absolute atomic E-state index is 0.127. The van der Waals surface area contributed by atoms with Gasteiger partial charge in [-0.15, -0.1) is 0 Å². The van der Waals surface area contributed by atoms with E-state index in [2.05, 4.69) is 19.1 Å². The van der Waals surface area contributed by atoms with Crippen LogP contribution >= 0.6 is 0 Å². The lowest BCUT2D eigenvalue weighted by Gasteiger charge is -2.35. The summed E-state index contributed by atoms with van der Waals surface area (Å²) in [4.78, 5) is 11.4. The van der Waals surface area contributed by atoms with Gasteiger partial charge in [0.25, 0.3) is 0 Å². The van der Waals surface area contributed by atoms with Crippen LogP contribution in [-0.4, -0.2) is 24.6 Å². The Morgan fingerprint density at radius 2 is 1.83 bits per heavy atom. The van der Waals surface area contributed by atoms with Crippen LogP contribution in [-0.2, 0) is 9.53 Å². The summed E-state index contributed by atoms with van der Waals surface area (Å²) >= 11 is 0. The third-order valence-electron chi connectivity index (χ3n) is 3.28. The third-order valence-corrected chi connectivity index (χ3v) is 3.28. The van der Waals surface area contributed by atoms with Gasteiger partial charge >= 0.3 is 0 Å². The molecule has 98 valence electrons. The van der Waals surface area contributed by atoms with Gasteiger partial charge in [-0.05, 0) is 38.8 Å². The minimum Gasteiger partial charge on any atom is -0.486 e. The number of benzene rings is 1. The van der Waals surface area contributed by atoms with E-state index in [1.165, 1.54) is 5.56 Å². The number of ketones is 1. The van der Waals surface area contributed by atoms with Gasteiger partial charge in [0.2, 0.25) is 0 Å². The molecule has 1 aliphatic carbocycles. The molecule has 0 heterocycles. The molecule has 0 amide bonds. The average molecular weight is 248 g/mol. The summed E-state index contributed by atoms with van der Waals surface area (Å²) in [6.07, 6.45) is -0.0510. The number of carbonyl (C=O) groups excluding carboxylic acids is 1. The number of hydrogen-bond donors (Lipinski definition) is 0. The fraction of sp³-hybridized carbons (Fsp3) is 0.533. The molecule has 0 bridgehead atoms. The average Bonchev–Trinajstić information content (AvgIpc) is 2.29. The van der Waals surface area contributed by atoms with Crippen molar-refractivity contribution in [3.8, 4) is 5.75 Å². The maximum atomic E-state index is 11.4. The van der Waals surface area contributed by atoms with Gasteiger partial charge in [0.1, 0.15) is 11.9 Å². The number of hydrogen-bond acceptors (Lipinski definition) is 3. The molecule has 3 nitrogen and oxygen atoms in total. The Morgan fingerprint density at radius 1 is 1.22 bits per heavy atom. The number of carbonyl (C=O) groups is 1. The first kappa shape index (κ1) is 13.1. The first-order valence-electron chi connectivity index (χ1n) is 6.41. The zero-order valence-corrected chi connectivity index (χ0v) is 11.4. The second-order valence-corrected chi connectivity index (χ2v) is 4.93. The Labute approximate surface area is 108 Å². The number of Topliss-reactive ketones (excluding diaryl/α,β-unsaturated/α-hetero) is 1. The summed E-state index contributed by atoms with van der Waals surface area (Å²) < 4.78 is 11.4. The standard InChI is InChI=1S/C15H20O3/c1-5-17-15-12(16)8-13(15)18-14-10(3)6-9(2)7-11(14)4/h6-7,13,15H,5,8H2,1-4H3. The van der Waals surface area contributed by atoms with Crippen LogP contribution in [0.3, 0.4) is 0 Å². The van der Waals surface area contributed by atoms with Gasteiger partial charge in [-0.3, -0.25) is 4.79 Å². The molecule has 2 atom stereocenters. The SMILES string of the molecule is CCOC1C(=O)CC1Oc1c(C)cc(C)cc1C. The van der Waals surface area contributed by atoms with Crippen molar-refractivity contribution >= 4 is 5.78 Å². The van der Waals surface area contributed by atoms with Crippen LogP contribution in [0.1, 0.15) is 30.0 Å². The fourth-order valence-electron chi connectivity index (χ4n) is 2.46. The van der Waals surface area contributed by atoms with Crippen LogP contribution < -0.4 is 4.74 Å². The Hall–Kier alpha value is -1.35. The normalized spacial score (nSPS) is 22.8. The molecule has 1 saturated carbocycles. The summed E-state index contributed by atoms with van der Waals surface area (Å²) in [6.45, 7) is 8.57. The smallest absolute Gasteiger partial charge is 0.169 e. The molecule has 3 heteroatoms. The van der Waals surface area contributed by atoms with E-state index < -0.39 is 0 Å². The summed E-state index contributed by atoms with van der Waals surface area (Å²) in [6, 6.07) is 4.19. The zero-order chi connectivity index (χ0) is 13.3. The van der Waals surface area contributed by atoms with Crippen LogP contribution in [0.15, 0.2) is 12.1 Å². The topological polar surface area (TPSA) is 35.5 Å². The fourth-order valence-corrected chi connectivity index (χ4v) is 2.46. The van der Waals surface area contributed by atoms with Crippen molar-refractivity contribution in [2.75, 3.05) is 6.61 Å². The van der Waals surface area contributed by atoms with E-state index in [1.54, 1.807) is 0 Å². The van der Waals surface area contributed by atoms with Gasteiger partial charge in [0.15, 0.2) is 11.9 Å². The molecule has 0 N–H and O–H groups in total. The van der Waals surface area contributed by atoms with E-state index in [-0.39, 0.29) is 18.0 Å². The molecular weight excluding hydrogens is 228 g/mol. The highest BCUT2D eigenvalue weighted by molar-refractivity contribution is 5.90. The number of aryl methyl sites for hydroxylation is 3. The van der Waals surface area contributed by atoms with Gasteiger partial charge < -0.3 is 9.47 Å². The molecule has 1 aromatic carbocycles. The maximum Gasteiger partial charge on any atom is 0.169 e. The van der Waals surface area contributed by atoms with Crippen LogP contribution in [0.5, 0.6) is 5.75 Å². The molecule has 0 saturated heterocycles. The predicted molar refractivity (Wildman–Crippen MR) is 70.1 cm³/mol. The minimum atomic E-state index is -0.380. The van der Waals surface area contributed by atoms with Crippen molar-refractivity contribution in [2.24, 2.45) is 0 Å². The molecule has 0 spiro atoms. The van der Waals surface area contributed by atoms with Crippen LogP contribution in [0.2, 0.25) is 0 Å². The van der Waals surface area contributed by atoms with Crippen molar-refractivity contribution in [3.63, 3.8) is 0 Å². The van der Waals surface area contributed by atoms with E-state index in [9.17, 15) is 4.79 Å². The third kappa shape index (κ3) is 2.41. The Balaban J connectivity index is 2.13. The highest BCUT2D eigenvalue weighted by Gasteiger charge is 2.42. The second-order valence-electron chi connectivity index (χ2n) is 4.93. The highest BCUT2D eigenvalue weighted by Crippen LogP contribution is 2.31. The lowest BCUT2D eigenvalue weighted by Crippen LogP contribution is -2.52. The largest absolute Gasteiger partial charge is 0.486 e. The first-order chi connectivity index (χ1) is 8.52. The van der Waals surface area contributed by atoms with Crippen LogP contribution in [0, 0.1) is 20.8 Å². The molecule has 1 fully saturated rings. The van der Waals surface area contributed by atoms with Crippen molar-refractivity contribution in [1.29, 1.82) is 0 Å². The zero-order valence-electron chi connectivity index (χ0n) is 11.4. The van der Waals surface area contributed by atoms with Gasteiger partial charge in [-0.25, -0.2) is 0 Å². The molecule has 18 heavy (non-hydrogen) atoms. The second kappa shape index (κ2) is 5.11. The summed E-state index contributed by atoms with van der Waals surface area (Å²) in [5.74, 6) is 1.03. The highest BCUT2D eigenvalue weighted by atomic mass is 16.5. The monoisotopic (exact) mass is 248 g/mol. The molecule has 1 aliphatic rings. The Kier molecular flexibility index (Phi) is 3.71. The first-order valence-corrected chi connectivity index (χ1v) is 6.41. The summed E-state index contributed by atoms with van der Waals surface area (Å²) in [5.41, 5.74) is 3.45. The molecular formula is C15H20O3. The van der Waals surface area contributed by atoms with E-state index in [0.717, 1.165) is 16.9 Å². The van der Waals surface area contributed by atoms with Gasteiger partial charge in [0, 0.05) is 13.0 Å². The number of rotatable bonds is 4.